The molecule has 0 fully saturated rings. The smallest absolute Gasteiger partial charge is 0.0640 e. The van der Waals surface area contributed by atoms with Crippen LogP contribution in [0, 0.1) is 0 Å². The number of halogens is 2. The first-order chi connectivity index (χ1) is 9.63. The van der Waals surface area contributed by atoms with Gasteiger partial charge in [0.05, 0.1) is 15.7 Å². The summed E-state index contributed by atoms with van der Waals surface area (Å²) in [5, 5.41) is 1.12. The van der Waals surface area contributed by atoms with Crippen molar-refractivity contribution in [1.82, 2.24) is 9.88 Å². The van der Waals surface area contributed by atoms with Crippen molar-refractivity contribution in [2.24, 2.45) is 5.73 Å². The molecule has 5 heteroatoms. The Morgan fingerprint density at radius 1 is 1.20 bits per heavy atom. The van der Waals surface area contributed by atoms with Crippen LogP contribution >= 0.6 is 23.2 Å². The number of hydrogen-bond acceptors (Lipinski definition) is 3. The average Bonchev–Trinajstić information content (AvgIpc) is 2.45. The molecular weight excluding hydrogens is 293 g/mol. The average molecular weight is 310 g/mol. The zero-order valence-electron chi connectivity index (χ0n) is 11.3. The van der Waals surface area contributed by atoms with E-state index in [9.17, 15) is 0 Å². The van der Waals surface area contributed by atoms with E-state index in [1.807, 2.05) is 37.4 Å². The molecule has 0 aliphatic carbocycles. The second kappa shape index (κ2) is 7.04. The SMILES string of the molecule is CN(Cc1ccccn1)C(CN)c1cccc(Cl)c1Cl. The fourth-order valence-corrected chi connectivity index (χ4v) is 2.61. The van der Waals surface area contributed by atoms with Crippen molar-refractivity contribution in [2.75, 3.05) is 13.6 Å². The molecule has 1 aromatic carbocycles. The van der Waals surface area contributed by atoms with E-state index in [0.717, 1.165) is 11.3 Å². The van der Waals surface area contributed by atoms with Gasteiger partial charge in [-0.2, -0.15) is 0 Å². The minimum absolute atomic E-state index is 0.00297. The molecule has 106 valence electrons. The predicted molar refractivity (Wildman–Crippen MR) is 84.0 cm³/mol. The largest absolute Gasteiger partial charge is 0.329 e. The summed E-state index contributed by atoms with van der Waals surface area (Å²) in [6.45, 7) is 1.16. The second-order valence-corrected chi connectivity index (χ2v) is 5.42. The Morgan fingerprint density at radius 2 is 2.00 bits per heavy atom. The van der Waals surface area contributed by atoms with Gasteiger partial charge in [0.15, 0.2) is 0 Å². The molecule has 2 aromatic rings. The first kappa shape index (κ1) is 15.3. The van der Waals surface area contributed by atoms with Crippen LogP contribution in [0.5, 0.6) is 0 Å². The van der Waals surface area contributed by atoms with Gasteiger partial charge in [0, 0.05) is 25.3 Å². The van der Waals surface area contributed by atoms with E-state index >= 15 is 0 Å². The number of nitrogens with two attached hydrogens (primary N) is 1. The zero-order chi connectivity index (χ0) is 14.5. The molecule has 3 nitrogen and oxygen atoms in total. The molecule has 1 atom stereocenters. The number of benzene rings is 1. The number of aromatic nitrogens is 1. The van der Waals surface area contributed by atoms with Gasteiger partial charge in [-0.15, -0.1) is 0 Å². The van der Waals surface area contributed by atoms with E-state index in [4.69, 9.17) is 28.9 Å². The van der Waals surface area contributed by atoms with Gasteiger partial charge in [-0.1, -0.05) is 41.4 Å². The topological polar surface area (TPSA) is 42.2 Å². The van der Waals surface area contributed by atoms with E-state index in [0.29, 0.717) is 23.1 Å². The van der Waals surface area contributed by atoms with Crippen molar-refractivity contribution in [2.45, 2.75) is 12.6 Å². The Labute approximate surface area is 129 Å². The van der Waals surface area contributed by atoms with Crippen molar-refractivity contribution >= 4 is 23.2 Å². The Bertz CT molecular complexity index is 560. The van der Waals surface area contributed by atoms with Gasteiger partial charge in [-0.25, -0.2) is 0 Å². The quantitative estimate of drug-likeness (QED) is 0.919. The number of likely N-dealkylation sites (N-methyl/N-ethyl adjacent to an activating group) is 1. The Morgan fingerprint density at radius 3 is 2.65 bits per heavy atom. The highest BCUT2D eigenvalue weighted by atomic mass is 35.5. The summed E-state index contributed by atoms with van der Waals surface area (Å²) >= 11 is 12.4. The lowest BCUT2D eigenvalue weighted by Crippen LogP contribution is -2.30. The van der Waals surface area contributed by atoms with Crippen molar-refractivity contribution in [1.29, 1.82) is 0 Å². The van der Waals surface area contributed by atoms with E-state index in [2.05, 4.69) is 9.88 Å². The van der Waals surface area contributed by atoms with Crippen molar-refractivity contribution < 1.29 is 0 Å². The third-order valence-electron chi connectivity index (χ3n) is 3.23. The number of rotatable bonds is 5. The van der Waals surface area contributed by atoms with Gasteiger partial charge in [-0.05, 0) is 30.8 Å². The lowest BCUT2D eigenvalue weighted by molar-refractivity contribution is 0.239. The first-order valence-corrected chi connectivity index (χ1v) is 7.13. The molecule has 1 aromatic heterocycles. The maximum atomic E-state index is 6.28. The first-order valence-electron chi connectivity index (χ1n) is 6.37. The monoisotopic (exact) mass is 309 g/mol. The van der Waals surface area contributed by atoms with Crippen LogP contribution < -0.4 is 5.73 Å². The molecule has 0 saturated carbocycles. The van der Waals surface area contributed by atoms with Crippen LogP contribution in [0.4, 0.5) is 0 Å². The maximum absolute atomic E-state index is 6.28. The molecule has 1 heterocycles. The van der Waals surface area contributed by atoms with Crippen LogP contribution in [0.1, 0.15) is 17.3 Å². The Balaban J connectivity index is 2.21. The Hall–Kier alpha value is -1.13. The van der Waals surface area contributed by atoms with Crippen molar-refractivity contribution in [3.63, 3.8) is 0 Å². The third-order valence-corrected chi connectivity index (χ3v) is 4.07. The molecule has 0 radical (unpaired) electrons. The molecule has 0 saturated heterocycles. The Kier molecular flexibility index (Phi) is 5.38. The van der Waals surface area contributed by atoms with E-state index in [1.165, 1.54) is 0 Å². The summed E-state index contributed by atoms with van der Waals surface area (Å²) in [6, 6.07) is 11.5. The van der Waals surface area contributed by atoms with Crippen molar-refractivity contribution in [3.05, 3.63) is 63.9 Å². The molecule has 0 bridgehead atoms. The normalized spacial score (nSPS) is 12.7. The number of pyridine rings is 1. The van der Waals surface area contributed by atoms with Crippen LogP contribution in [0.25, 0.3) is 0 Å². The molecule has 2 N–H and O–H groups in total. The molecule has 0 spiro atoms. The lowest BCUT2D eigenvalue weighted by Gasteiger charge is -2.28. The van der Waals surface area contributed by atoms with Crippen LogP contribution in [0.3, 0.4) is 0 Å². The highest BCUT2D eigenvalue weighted by Crippen LogP contribution is 2.32. The molecule has 2 rings (SSSR count). The molecular formula is C15H17Cl2N3. The van der Waals surface area contributed by atoms with Gasteiger partial charge in [0.25, 0.3) is 0 Å². The highest BCUT2D eigenvalue weighted by molar-refractivity contribution is 6.42. The van der Waals surface area contributed by atoms with E-state index in [-0.39, 0.29) is 6.04 Å². The summed E-state index contributed by atoms with van der Waals surface area (Å²) in [4.78, 5) is 6.45. The van der Waals surface area contributed by atoms with Gasteiger partial charge in [-0.3, -0.25) is 9.88 Å². The standard InChI is InChI=1S/C15H17Cl2N3/c1-20(10-11-5-2-3-8-19-11)14(9-18)12-6-4-7-13(16)15(12)17/h2-8,14H,9-10,18H2,1H3. The van der Waals surface area contributed by atoms with Crippen LogP contribution in [0.2, 0.25) is 10.0 Å². The third kappa shape index (κ3) is 3.49. The number of hydrogen-bond donors (Lipinski definition) is 1. The van der Waals surface area contributed by atoms with E-state index < -0.39 is 0 Å². The summed E-state index contributed by atoms with van der Waals surface area (Å²) in [5.41, 5.74) is 7.85. The molecule has 1 unspecified atom stereocenters. The minimum atomic E-state index is 0.00297. The number of nitrogens with zero attached hydrogens (tertiary/aromatic N) is 2. The second-order valence-electron chi connectivity index (χ2n) is 4.63. The van der Waals surface area contributed by atoms with Crippen LogP contribution in [-0.2, 0) is 6.54 Å². The minimum Gasteiger partial charge on any atom is -0.329 e. The summed E-state index contributed by atoms with van der Waals surface area (Å²) < 4.78 is 0. The summed E-state index contributed by atoms with van der Waals surface area (Å²) in [5.74, 6) is 0. The maximum Gasteiger partial charge on any atom is 0.0640 e. The summed E-state index contributed by atoms with van der Waals surface area (Å²) in [6.07, 6.45) is 1.78. The van der Waals surface area contributed by atoms with Crippen LogP contribution in [-0.4, -0.2) is 23.5 Å². The van der Waals surface area contributed by atoms with Crippen molar-refractivity contribution in [3.8, 4) is 0 Å². The summed E-state index contributed by atoms with van der Waals surface area (Å²) in [7, 11) is 2.00. The van der Waals surface area contributed by atoms with Gasteiger partial charge in [0.2, 0.25) is 0 Å². The lowest BCUT2D eigenvalue weighted by atomic mass is 10.1. The highest BCUT2D eigenvalue weighted by Gasteiger charge is 2.19. The zero-order valence-corrected chi connectivity index (χ0v) is 12.8. The molecule has 0 amide bonds. The molecule has 20 heavy (non-hydrogen) atoms. The molecule has 0 aliphatic heterocycles. The molecule has 0 aliphatic rings. The van der Waals surface area contributed by atoms with Gasteiger partial charge in [0.1, 0.15) is 0 Å². The van der Waals surface area contributed by atoms with E-state index in [1.54, 1.807) is 12.3 Å². The van der Waals surface area contributed by atoms with Gasteiger partial charge >= 0.3 is 0 Å². The fourth-order valence-electron chi connectivity index (χ4n) is 2.18. The van der Waals surface area contributed by atoms with Crippen LogP contribution in [0.15, 0.2) is 42.6 Å². The fraction of sp³-hybridized carbons (Fsp3) is 0.267. The predicted octanol–water partition coefficient (Wildman–Crippen LogP) is 3.52. The van der Waals surface area contributed by atoms with Gasteiger partial charge < -0.3 is 5.73 Å².